The van der Waals surface area contributed by atoms with E-state index in [2.05, 4.69) is 4.90 Å². The molecule has 1 saturated heterocycles. The third-order valence-corrected chi connectivity index (χ3v) is 3.25. The molecule has 0 N–H and O–H groups in total. The number of hydrogen-bond acceptors (Lipinski definition) is 2. The predicted molar refractivity (Wildman–Crippen MR) is 60.6 cm³/mol. The summed E-state index contributed by atoms with van der Waals surface area (Å²) in [5, 5.41) is 0. The average molecular weight is 221 g/mol. The molecule has 1 aliphatic heterocycles. The zero-order chi connectivity index (χ0) is 11.5. The van der Waals surface area contributed by atoms with Crippen molar-refractivity contribution in [2.45, 2.75) is 31.8 Å². The zero-order valence-corrected chi connectivity index (χ0v) is 9.40. The van der Waals surface area contributed by atoms with Gasteiger partial charge in [-0.05, 0) is 44.0 Å². The Bertz CT molecular complexity index is 380. The van der Waals surface area contributed by atoms with Crippen molar-refractivity contribution in [3.8, 4) is 0 Å². The zero-order valence-electron chi connectivity index (χ0n) is 9.40. The fraction of sp³-hybridized carbons (Fsp3) is 0.462. The van der Waals surface area contributed by atoms with Crippen LogP contribution in [0.3, 0.4) is 0 Å². The highest BCUT2D eigenvalue weighted by Crippen LogP contribution is 2.33. The average Bonchev–Trinajstić information content (AvgIpc) is 2.77. The quantitative estimate of drug-likeness (QED) is 0.731. The minimum atomic E-state index is -0.205. The Balaban J connectivity index is 2.22. The largest absolute Gasteiger partial charge is 0.302 e. The van der Waals surface area contributed by atoms with Crippen molar-refractivity contribution in [2.24, 2.45) is 0 Å². The lowest BCUT2D eigenvalue weighted by molar-refractivity contribution is -0.112. The first-order valence-electron chi connectivity index (χ1n) is 5.69. The Morgan fingerprint density at radius 2 is 2.38 bits per heavy atom. The second-order valence-corrected chi connectivity index (χ2v) is 4.33. The van der Waals surface area contributed by atoms with Crippen LogP contribution in [-0.4, -0.2) is 23.8 Å². The van der Waals surface area contributed by atoms with Crippen LogP contribution in [0, 0.1) is 5.82 Å². The predicted octanol–water partition coefficient (Wildman–Crippen LogP) is 2.55. The maximum atomic E-state index is 13.1. The van der Waals surface area contributed by atoms with E-state index in [4.69, 9.17) is 0 Å². The van der Waals surface area contributed by atoms with E-state index in [9.17, 15) is 9.18 Å². The standard InChI is InChI=1S/C13H16FNO/c1-10(9-16)15-7-3-6-13(15)11-4-2-5-12(14)8-11/h2,4-5,8-10,13H,3,6-7H2,1H3. The Morgan fingerprint density at radius 3 is 3.06 bits per heavy atom. The molecule has 0 aliphatic carbocycles. The fourth-order valence-electron chi connectivity index (χ4n) is 2.43. The third-order valence-electron chi connectivity index (χ3n) is 3.25. The summed E-state index contributed by atoms with van der Waals surface area (Å²) >= 11 is 0. The first kappa shape index (κ1) is 11.3. The van der Waals surface area contributed by atoms with Crippen LogP contribution in [0.25, 0.3) is 0 Å². The van der Waals surface area contributed by atoms with Crippen molar-refractivity contribution in [3.63, 3.8) is 0 Å². The number of carbonyl (C=O) groups is 1. The molecule has 2 unspecified atom stereocenters. The molecule has 0 bridgehead atoms. The summed E-state index contributed by atoms with van der Waals surface area (Å²) in [6.45, 7) is 2.81. The summed E-state index contributed by atoms with van der Waals surface area (Å²) < 4.78 is 13.1. The van der Waals surface area contributed by atoms with Gasteiger partial charge in [-0.25, -0.2) is 4.39 Å². The van der Waals surface area contributed by atoms with Crippen LogP contribution in [0.2, 0.25) is 0 Å². The van der Waals surface area contributed by atoms with Crippen LogP contribution >= 0.6 is 0 Å². The Labute approximate surface area is 95.1 Å². The van der Waals surface area contributed by atoms with E-state index in [0.29, 0.717) is 0 Å². The molecule has 1 aliphatic rings. The van der Waals surface area contributed by atoms with Crippen LogP contribution in [-0.2, 0) is 4.79 Å². The van der Waals surface area contributed by atoms with Crippen LogP contribution in [0.1, 0.15) is 31.4 Å². The normalized spacial score (nSPS) is 23.2. The lowest BCUT2D eigenvalue weighted by Gasteiger charge is -2.27. The van der Waals surface area contributed by atoms with Gasteiger partial charge < -0.3 is 4.79 Å². The van der Waals surface area contributed by atoms with Crippen molar-refractivity contribution >= 4 is 6.29 Å². The van der Waals surface area contributed by atoms with Gasteiger partial charge in [-0.2, -0.15) is 0 Å². The van der Waals surface area contributed by atoms with Crippen molar-refractivity contribution < 1.29 is 9.18 Å². The smallest absolute Gasteiger partial charge is 0.136 e. The molecule has 0 saturated carbocycles. The topological polar surface area (TPSA) is 20.3 Å². The van der Waals surface area contributed by atoms with E-state index in [0.717, 1.165) is 31.2 Å². The van der Waals surface area contributed by atoms with Crippen molar-refractivity contribution in [2.75, 3.05) is 6.54 Å². The number of hydrogen-bond donors (Lipinski definition) is 0. The molecule has 1 aromatic rings. The number of aldehydes is 1. The van der Waals surface area contributed by atoms with E-state index in [1.807, 2.05) is 13.0 Å². The number of carbonyl (C=O) groups excluding carboxylic acids is 1. The Hall–Kier alpha value is -1.22. The van der Waals surface area contributed by atoms with Crippen LogP contribution in [0.5, 0.6) is 0 Å². The highest BCUT2D eigenvalue weighted by molar-refractivity contribution is 5.57. The summed E-state index contributed by atoms with van der Waals surface area (Å²) in [5.74, 6) is -0.205. The molecule has 0 radical (unpaired) electrons. The number of nitrogens with zero attached hydrogens (tertiary/aromatic N) is 1. The summed E-state index contributed by atoms with van der Waals surface area (Å²) in [6, 6.07) is 6.79. The van der Waals surface area contributed by atoms with E-state index in [1.165, 1.54) is 6.07 Å². The molecular formula is C13H16FNO. The van der Waals surface area contributed by atoms with E-state index in [1.54, 1.807) is 12.1 Å². The summed E-state index contributed by atoms with van der Waals surface area (Å²) in [4.78, 5) is 13.0. The fourth-order valence-corrected chi connectivity index (χ4v) is 2.43. The Morgan fingerprint density at radius 1 is 1.56 bits per heavy atom. The van der Waals surface area contributed by atoms with Gasteiger partial charge in [0.25, 0.3) is 0 Å². The van der Waals surface area contributed by atoms with Gasteiger partial charge in [-0.3, -0.25) is 4.90 Å². The maximum Gasteiger partial charge on any atom is 0.136 e. The number of likely N-dealkylation sites (tertiary alicyclic amines) is 1. The second kappa shape index (κ2) is 4.74. The molecule has 2 rings (SSSR count). The van der Waals surface area contributed by atoms with Gasteiger partial charge in [0.2, 0.25) is 0 Å². The summed E-state index contributed by atoms with van der Waals surface area (Å²) in [5.41, 5.74) is 0.978. The molecule has 1 fully saturated rings. The van der Waals surface area contributed by atoms with E-state index in [-0.39, 0.29) is 17.9 Å². The van der Waals surface area contributed by atoms with Crippen molar-refractivity contribution in [1.29, 1.82) is 0 Å². The minimum absolute atomic E-state index is 0.0873. The number of halogens is 1. The molecular weight excluding hydrogens is 205 g/mol. The van der Waals surface area contributed by atoms with Crippen molar-refractivity contribution in [1.82, 2.24) is 4.90 Å². The maximum absolute atomic E-state index is 13.1. The van der Waals surface area contributed by atoms with Crippen LogP contribution < -0.4 is 0 Å². The first-order valence-corrected chi connectivity index (χ1v) is 5.69. The van der Waals surface area contributed by atoms with Gasteiger partial charge in [0.05, 0.1) is 6.04 Å². The molecule has 1 heterocycles. The lowest BCUT2D eigenvalue weighted by Crippen LogP contribution is -2.33. The summed E-state index contributed by atoms with van der Waals surface area (Å²) in [6.07, 6.45) is 3.03. The van der Waals surface area contributed by atoms with Gasteiger partial charge in [-0.1, -0.05) is 12.1 Å². The monoisotopic (exact) mass is 221 g/mol. The van der Waals surface area contributed by atoms with Crippen LogP contribution in [0.15, 0.2) is 24.3 Å². The van der Waals surface area contributed by atoms with Gasteiger partial charge >= 0.3 is 0 Å². The molecule has 0 amide bonds. The Kier molecular flexibility index (Phi) is 3.34. The van der Waals surface area contributed by atoms with E-state index < -0.39 is 0 Å². The SMILES string of the molecule is CC(C=O)N1CCCC1c1cccc(F)c1. The van der Waals surface area contributed by atoms with Gasteiger partial charge in [0.15, 0.2) is 0 Å². The highest BCUT2D eigenvalue weighted by atomic mass is 19.1. The molecule has 3 heteroatoms. The lowest BCUT2D eigenvalue weighted by atomic mass is 10.0. The number of rotatable bonds is 3. The summed E-state index contributed by atoms with van der Waals surface area (Å²) in [7, 11) is 0. The molecule has 86 valence electrons. The molecule has 2 atom stereocenters. The second-order valence-electron chi connectivity index (χ2n) is 4.33. The molecule has 0 aromatic heterocycles. The van der Waals surface area contributed by atoms with Gasteiger partial charge in [0.1, 0.15) is 12.1 Å². The minimum Gasteiger partial charge on any atom is -0.302 e. The van der Waals surface area contributed by atoms with Gasteiger partial charge in [0, 0.05) is 6.04 Å². The van der Waals surface area contributed by atoms with Crippen molar-refractivity contribution in [3.05, 3.63) is 35.6 Å². The molecule has 16 heavy (non-hydrogen) atoms. The van der Waals surface area contributed by atoms with Crippen LogP contribution in [0.4, 0.5) is 4.39 Å². The third kappa shape index (κ3) is 2.14. The number of benzene rings is 1. The van der Waals surface area contributed by atoms with Gasteiger partial charge in [-0.15, -0.1) is 0 Å². The highest BCUT2D eigenvalue weighted by Gasteiger charge is 2.29. The molecule has 1 aromatic carbocycles. The first-order chi connectivity index (χ1) is 7.72. The van der Waals surface area contributed by atoms with E-state index >= 15 is 0 Å². The molecule has 0 spiro atoms. The molecule has 2 nitrogen and oxygen atoms in total.